The van der Waals surface area contributed by atoms with E-state index in [2.05, 4.69) is 30.8 Å². The minimum absolute atomic E-state index is 0.0477. The van der Waals surface area contributed by atoms with Gasteiger partial charge in [-0.25, -0.2) is 14.5 Å². The summed E-state index contributed by atoms with van der Waals surface area (Å²) in [5, 5.41) is 14.0. The van der Waals surface area contributed by atoms with Gasteiger partial charge in [-0.2, -0.15) is 0 Å². The second kappa shape index (κ2) is 9.40. The number of nitrogens with zero attached hydrogens (tertiary/aromatic N) is 5. The third kappa shape index (κ3) is 5.22. The van der Waals surface area contributed by atoms with Crippen molar-refractivity contribution in [2.45, 2.75) is 39.0 Å². The van der Waals surface area contributed by atoms with Crippen molar-refractivity contribution >= 4 is 11.9 Å². The molecule has 146 valence electrons. The lowest BCUT2D eigenvalue weighted by molar-refractivity contribution is -0.121. The number of ketones is 1. The van der Waals surface area contributed by atoms with Crippen molar-refractivity contribution in [1.29, 1.82) is 0 Å². The van der Waals surface area contributed by atoms with Crippen molar-refractivity contribution in [3.8, 4) is 0 Å². The van der Waals surface area contributed by atoms with Crippen molar-refractivity contribution in [3.05, 3.63) is 59.9 Å². The molecule has 0 aliphatic carbocycles. The Morgan fingerprint density at radius 2 is 2.11 bits per heavy atom. The number of aromatic nitrogens is 6. The van der Waals surface area contributed by atoms with E-state index in [9.17, 15) is 9.59 Å². The number of hydrogen-bond donors (Lipinski definition) is 2. The molecule has 2 heterocycles. The second-order valence-electron chi connectivity index (χ2n) is 6.14. The van der Waals surface area contributed by atoms with Crippen molar-refractivity contribution < 1.29 is 14.3 Å². The first-order chi connectivity index (χ1) is 13.7. The van der Waals surface area contributed by atoms with Crippen LogP contribution < -0.4 is 5.32 Å². The van der Waals surface area contributed by atoms with E-state index in [1.807, 2.05) is 37.3 Å². The second-order valence-corrected chi connectivity index (χ2v) is 6.14. The summed E-state index contributed by atoms with van der Waals surface area (Å²) in [6.07, 6.45) is 3.44. The molecule has 28 heavy (non-hydrogen) atoms. The molecule has 2 aromatic heterocycles. The maximum atomic E-state index is 12.6. The van der Waals surface area contributed by atoms with Gasteiger partial charge in [-0.1, -0.05) is 37.3 Å². The van der Waals surface area contributed by atoms with Gasteiger partial charge in [0.15, 0.2) is 11.6 Å². The van der Waals surface area contributed by atoms with E-state index in [0.717, 1.165) is 11.3 Å². The Hall–Kier alpha value is -3.56. The molecule has 2 N–H and O–H groups in total. The van der Waals surface area contributed by atoms with Gasteiger partial charge in [0.05, 0.1) is 18.8 Å². The van der Waals surface area contributed by atoms with Gasteiger partial charge in [0.2, 0.25) is 0 Å². The first kappa shape index (κ1) is 19.2. The monoisotopic (exact) mass is 383 g/mol. The number of amides is 1. The Kier molecular flexibility index (Phi) is 6.45. The zero-order chi connectivity index (χ0) is 19.8. The first-order valence-corrected chi connectivity index (χ1v) is 8.88. The summed E-state index contributed by atoms with van der Waals surface area (Å²) in [4.78, 5) is 31.5. The number of imidazole rings is 1. The van der Waals surface area contributed by atoms with Crippen LogP contribution in [0.4, 0.5) is 4.79 Å². The third-order valence-corrected chi connectivity index (χ3v) is 4.12. The van der Waals surface area contributed by atoms with Crippen LogP contribution in [0.2, 0.25) is 0 Å². The molecule has 10 nitrogen and oxygen atoms in total. The maximum absolute atomic E-state index is 12.6. The molecule has 1 amide bonds. The summed E-state index contributed by atoms with van der Waals surface area (Å²) < 4.78 is 6.60. The minimum atomic E-state index is -0.688. The highest BCUT2D eigenvalue weighted by Gasteiger charge is 2.22. The number of Topliss-reactive ketones (excluding diaryl/α,β-unsaturated/α-hetero) is 1. The highest BCUT2D eigenvalue weighted by molar-refractivity contribution is 5.87. The first-order valence-electron chi connectivity index (χ1n) is 8.88. The van der Waals surface area contributed by atoms with Crippen molar-refractivity contribution in [2.75, 3.05) is 0 Å². The normalized spacial score (nSPS) is 11.8. The maximum Gasteiger partial charge on any atom is 0.408 e. The standard InChI is InChI=1S/C18H21N7O3/c1-2-15(21-18(27)28-11-13-6-4-3-5-7-13)16(26)10-25-17(22-23-24-25)8-14-9-19-12-20-14/h3-7,9,12,15H,2,8,10-11H2,1H3,(H,19,20)(H,21,27). The molecular weight excluding hydrogens is 362 g/mol. The number of H-pyrrole nitrogens is 1. The molecule has 0 fully saturated rings. The van der Waals surface area contributed by atoms with E-state index < -0.39 is 12.1 Å². The molecular formula is C18H21N7O3. The quantitative estimate of drug-likeness (QED) is 0.569. The number of hydrogen-bond acceptors (Lipinski definition) is 7. The van der Waals surface area contributed by atoms with Gasteiger partial charge in [0, 0.05) is 11.9 Å². The van der Waals surface area contributed by atoms with Gasteiger partial charge in [-0.15, -0.1) is 5.10 Å². The number of carbonyl (C=O) groups is 2. The Bertz CT molecular complexity index is 893. The van der Waals surface area contributed by atoms with E-state index in [1.165, 1.54) is 4.68 Å². The summed E-state index contributed by atoms with van der Waals surface area (Å²) in [7, 11) is 0. The fourth-order valence-electron chi connectivity index (χ4n) is 2.60. The highest BCUT2D eigenvalue weighted by atomic mass is 16.5. The number of nitrogens with one attached hydrogen (secondary N) is 2. The molecule has 3 rings (SSSR count). The van der Waals surface area contributed by atoms with E-state index in [0.29, 0.717) is 18.7 Å². The number of alkyl carbamates (subject to hydrolysis) is 1. The lowest BCUT2D eigenvalue weighted by Crippen LogP contribution is -2.42. The lowest BCUT2D eigenvalue weighted by Gasteiger charge is -2.16. The summed E-state index contributed by atoms with van der Waals surface area (Å²) in [5.41, 5.74) is 1.70. The molecule has 0 saturated heterocycles. The zero-order valence-electron chi connectivity index (χ0n) is 15.4. The molecule has 0 aliphatic heterocycles. The number of benzene rings is 1. The van der Waals surface area contributed by atoms with Crippen LogP contribution in [0, 0.1) is 0 Å². The van der Waals surface area contributed by atoms with E-state index in [-0.39, 0.29) is 18.9 Å². The summed E-state index contributed by atoms with van der Waals surface area (Å²) in [6, 6.07) is 8.63. The Labute approximate surface area is 161 Å². The number of aromatic amines is 1. The minimum Gasteiger partial charge on any atom is -0.445 e. The van der Waals surface area contributed by atoms with Crippen LogP contribution in [-0.2, 0) is 29.1 Å². The van der Waals surface area contributed by atoms with Gasteiger partial charge in [0.25, 0.3) is 0 Å². The van der Waals surface area contributed by atoms with Crippen molar-refractivity contribution in [2.24, 2.45) is 0 Å². The average molecular weight is 383 g/mol. The molecule has 10 heteroatoms. The zero-order valence-corrected chi connectivity index (χ0v) is 15.4. The summed E-state index contributed by atoms with van der Waals surface area (Å²) in [5.74, 6) is 0.316. The van der Waals surface area contributed by atoms with E-state index >= 15 is 0 Å². The van der Waals surface area contributed by atoms with Crippen molar-refractivity contribution in [3.63, 3.8) is 0 Å². The summed E-state index contributed by atoms with van der Waals surface area (Å²) >= 11 is 0. The van der Waals surface area contributed by atoms with Gasteiger partial charge < -0.3 is 15.0 Å². The topological polar surface area (TPSA) is 128 Å². The molecule has 1 unspecified atom stereocenters. The Morgan fingerprint density at radius 3 is 2.82 bits per heavy atom. The van der Waals surface area contributed by atoms with Crippen LogP contribution in [0.1, 0.15) is 30.4 Å². The molecule has 0 bridgehead atoms. The Balaban J connectivity index is 1.53. The third-order valence-electron chi connectivity index (χ3n) is 4.12. The molecule has 0 spiro atoms. The SMILES string of the molecule is CCC(NC(=O)OCc1ccccc1)C(=O)Cn1nnnc1Cc1cnc[nH]1. The smallest absolute Gasteiger partial charge is 0.408 e. The van der Waals surface area contributed by atoms with E-state index in [4.69, 9.17) is 4.74 Å². The van der Waals surface area contributed by atoms with Gasteiger partial charge in [-0.05, 0) is 22.4 Å². The number of ether oxygens (including phenoxy) is 1. The highest BCUT2D eigenvalue weighted by Crippen LogP contribution is 2.05. The number of tetrazole rings is 1. The van der Waals surface area contributed by atoms with Crippen LogP contribution in [-0.4, -0.2) is 48.1 Å². The molecule has 0 aliphatic rings. The average Bonchev–Trinajstić information content (AvgIpc) is 3.38. The Morgan fingerprint density at radius 1 is 1.29 bits per heavy atom. The molecule has 1 aromatic carbocycles. The predicted octanol–water partition coefficient (Wildman–Crippen LogP) is 1.26. The van der Waals surface area contributed by atoms with Crippen LogP contribution in [0.15, 0.2) is 42.9 Å². The predicted molar refractivity (Wildman–Crippen MR) is 98.1 cm³/mol. The molecule has 0 radical (unpaired) electrons. The van der Waals surface area contributed by atoms with Crippen LogP contribution in [0.3, 0.4) is 0 Å². The lowest BCUT2D eigenvalue weighted by atomic mass is 10.1. The van der Waals surface area contributed by atoms with Crippen LogP contribution in [0.25, 0.3) is 0 Å². The molecule has 3 aromatic rings. The van der Waals surface area contributed by atoms with Gasteiger partial charge >= 0.3 is 6.09 Å². The summed E-state index contributed by atoms with van der Waals surface area (Å²) in [6.45, 7) is 1.90. The fourth-order valence-corrected chi connectivity index (χ4v) is 2.60. The number of carbonyl (C=O) groups excluding carboxylic acids is 2. The van der Waals surface area contributed by atoms with Crippen molar-refractivity contribution in [1.82, 2.24) is 35.5 Å². The van der Waals surface area contributed by atoms with Gasteiger partial charge in [0.1, 0.15) is 13.2 Å². The number of rotatable bonds is 9. The van der Waals surface area contributed by atoms with Crippen LogP contribution >= 0.6 is 0 Å². The molecule has 0 saturated carbocycles. The van der Waals surface area contributed by atoms with Crippen LogP contribution in [0.5, 0.6) is 0 Å². The van der Waals surface area contributed by atoms with E-state index in [1.54, 1.807) is 12.5 Å². The fraction of sp³-hybridized carbons (Fsp3) is 0.333. The van der Waals surface area contributed by atoms with Gasteiger partial charge in [-0.3, -0.25) is 4.79 Å². The molecule has 1 atom stereocenters. The largest absolute Gasteiger partial charge is 0.445 e.